The van der Waals surface area contributed by atoms with Gasteiger partial charge in [-0.3, -0.25) is 0 Å². The number of aryl methyl sites for hydroxylation is 1. The number of ether oxygens (including phenoxy) is 2. The van der Waals surface area contributed by atoms with Crippen molar-refractivity contribution in [2.24, 2.45) is 0 Å². The summed E-state index contributed by atoms with van der Waals surface area (Å²) in [6.07, 6.45) is 0. The first-order valence-corrected chi connectivity index (χ1v) is 5.33. The summed E-state index contributed by atoms with van der Waals surface area (Å²) in [5.74, 6) is 1.51. The summed E-state index contributed by atoms with van der Waals surface area (Å²) in [5, 5.41) is 1.10. The minimum Gasteiger partial charge on any atom is -0.496 e. The number of hydrogen-bond acceptors (Lipinski definition) is 3. The largest absolute Gasteiger partial charge is 0.496 e. The highest BCUT2D eigenvalue weighted by Gasteiger charge is 2.06. The zero-order valence-electron chi connectivity index (χ0n) is 9.78. The molecule has 3 nitrogen and oxygen atoms in total. The zero-order valence-corrected chi connectivity index (χ0v) is 9.78. The molecule has 0 amide bonds. The van der Waals surface area contributed by atoms with Gasteiger partial charge >= 0.3 is 0 Å². The third-order valence-electron chi connectivity index (χ3n) is 2.55. The molecule has 1 heterocycles. The lowest BCUT2D eigenvalue weighted by Crippen LogP contribution is -1.96. The van der Waals surface area contributed by atoms with E-state index < -0.39 is 0 Å². The van der Waals surface area contributed by atoms with Crippen molar-refractivity contribution in [1.29, 1.82) is 0 Å². The molecular weight excluding hydrogens is 202 g/mol. The number of pyridine rings is 1. The van der Waals surface area contributed by atoms with Crippen LogP contribution in [0.15, 0.2) is 24.3 Å². The van der Waals surface area contributed by atoms with Gasteiger partial charge in [0, 0.05) is 17.0 Å². The minimum absolute atomic E-state index is 0.627. The van der Waals surface area contributed by atoms with Gasteiger partial charge in [0.15, 0.2) is 0 Å². The van der Waals surface area contributed by atoms with Crippen LogP contribution in [0.4, 0.5) is 0 Å². The molecule has 1 aromatic heterocycles. The molecule has 1 aromatic carbocycles. The fourth-order valence-electron chi connectivity index (χ4n) is 1.74. The molecule has 2 rings (SSSR count). The second-order valence-electron chi connectivity index (χ2n) is 3.55. The average molecular weight is 217 g/mol. The van der Waals surface area contributed by atoms with Crippen molar-refractivity contribution in [3.8, 4) is 11.6 Å². The smallest absolute Gasteiger partial charge is 0.213 e. The predicted octanol–water partition coefficient (Wildman–Crippen LogP) is 2.95. The van der Waals surface area contributed by atoms with E-state index >= 15 is 0 Å². The maximum absolute atomic E-state index is 5.39. The van der Waals surface area contributed by atoms with Gasteiger partial charge in [0.2, 0.25) is 5.88 Å². The number of benzene rings is 1. The molecule has 0 bridgehead atoms. The molecule has 2 aromatic rings. The lowest BCUT2D eigenvalue weighted by atomic mass is 10.1. The topological polar surface area (TPSA) is 31.4 Å². The van der Waals surface area contributed by atoms with E-state index in [-0.39, 0.29) is 0 Å². The summed E-state index contributed by atoms with van der Waals surface area (Å²) < 4.78 is 10.7. The fourth-order valence-corrected chi connectivity index (χ4v) is 1.74. The molecule has 0 N–H and O–H groups in total. The maximum Gasteiger partial charge on any atom is 0.213 e. The van der Waals surface area contributed by atoms with Gasteiger partial charge in [-0.05, 0) is 32.0 Å². The number of hydrogen-bond donors (Lipinski definition) is 0. The molecule has 3 heteroatoms. The molecule has 0 saturated carbocycles. The second-order valence-corrected chi connectivity index (χ2v) is 3.55. The molecule has 16 heavy (non-hydrogen) atoms. The van der Waals surface area contributed by atoms with Crippen molar-refractivity contribution in [2.45, 2.75) is 13.8 Å². The van der Waals surface area contributed by atoms with Crippen molar-refractivity contribution in [2.75, 3.05) is 13.7 Å². The monoisotopic (exact) mass is 217 g/mol. The van der Waals surface area contributed by atoms with Crippen LogP contribution in [0.2, 0.25) is 0 Å². The Morgan fingerprint density at radius 3 is 2.62 bits per heavy atom. The van der Waals surface area contributed by atoms with Crippen LogP contribution >= 0.6 is 0 Å². The highest BCUT2D eigenvalue weighted by Crippen LogP contribution is 2.27. The number of aromatic nitrogens is 1. The zero-order chi connectivity index (χ0) is 11.5. The van der Waals surface area contributed by atoms with Crippen LogP contribution < -0.4 is 9.47 Å². The molecule has 0 fully saturated rings. The third kappa shape index (κ3) is 1.81. The number of fused-ring (bicyclic) bond motifs is 1. The summed E-state index contributed by atoms with van der Waals surface area (Å²) >= 11 is 0. The van der Waals surface area contributed by atoms with E-state index in [2.05, 4.69) is 4.98 Å². The number of rotatable bonds is 3. The van der Waals surface area contributed by atoms with Crippen molar-refractivity contribution in [1.82, 2.24) is 4.98 Å². The van der Waals surface area contributed by atoms with Crippen molar-refractivity contribution < 1.29 is 9.47 Å². The van der Waals surface area contributed by atoms with Gasteiger partial charge in [-0.1, -0.05) is 0 Å². The highest BCUT2D eigenvalue weighted by atomic mass is 16.5. The Kier molecular flexibility index (Phi) is 2.95. The summed E-state index contributed by atoms with van der Waals surface area (Å²) in [7, 11) is 1.67. The first-order chi connectivity index (χ1) is 7.76. The first kappa shape index (κ1) is 10.7. The van der Waals surface area contributed by atoms with Crippen LogP contribution in [0.25, 0.3) is 10.9 Å². The molecule has 0 atom stereocenters. The maximum atomic E-state index is 5.39. The van der Waals surface area contributed by atoms with E-state index in [1.165, 1.54) is 0 Å². The van der Waals surface area contributed by atoms with Gasteiger partial charge < -0.3 is 9.47 Å². The van der Waals surface area contributed by atoms with Gasteiger partial charge in [0.05, 0.1) is 19.2 Å². The molecule has 84 valence electrons. The Hall–Kier alpha value is -1.77. The average Bonchev–Trinajstić information content (AvgIpc) is 2.31. The van der Waals surface area contributed by atoms with E-state index in [1.54, 1.807) is 7.11 Å². The highest BCUT2D eigenvalue weighted by molar-refractivity contribution is 5.84. The van der Waals surface area contributed by atoms with E-state index in [1.807, 2.05) is 38.1 Å². The minimum atomic E-state index is 0.627. The van der Waals surface area contributed by atoms with Crippen LogP contribution in [0.3, 0.4) is 0 Å². The molecule has 0 saturated heterocycles. The molecular formula is C13H15NO2. The van der Waals surface area contributed by atoms with Crippen molar-refractivity contribution >= 4 is 10.9 Å². The molecule has 0 spiro atoms. The van der Waals surface area contributed by atoms with E-state index in [0.717, 1.165) is 22.2 Å². The molecule has 0 aliphatic rings. The van der Waals surface area contributed by atoms with Gasteiger partial charge in [-0.2, -0.15) is 0 Å². The quantitative estimate of drug-likeness (QED) is 0.792. The predicted molar refractivity (Wildman–Crippen MR) is 64.2 cm³/mol. The molecule has 0 unspecified atom stereocenters. The lowest BCUT2D eigenvalue weighted by molar-refractivity contribution is 0.328. The van der Waals surface area contributed by atoms with E-state index in [9.17, 15) is 0 Å². The first-order valence-electron chi connectivity index (χ1n) is 5.33. The molecule has 0 aliphatic carbocycles. The van der Waals surface area contributed by atoms with Crippen LogP contribution in [0, 0.1) is 6.92 Å². The van der Waals surface area contributed by atoms with Crippen LogP contribution in [0.1, 0.15) is 12.5 Å². The van der Waals surface area contributed by atoms with Crippen molar-refractivity contribution in [3.05, 3.63) is 29.8 Å². The lowest BCUT2D eigenvalue weighted by Gasteiger charge is -2.09. The van der Waals surface area contributed by atoms with Gasteiger partial charge in [-0.25, -0.2) is 4.98 Å². The van der Waals surface area contributed by atoms with Crippen molar-refractivity contribution in [3.63, 3.8) is 0 Å². The van der Waals surface area contributed by atoms with E-state index in [0.29, 0.717) is 12.5 Å². The Morgan fingerprint density at radius 1 is 1.19 bits per heavy atom. The summed E-state index contributed by atoms with van der Waals surface area (Å²) in [4.78, 5) is 4.47. The van der Waals surface area contributed by atoms with Crippen LogP contribution in [-0.4, -0.2) is 18.7 Å². The Balaban J connectivity index is 2.60. The second kappa shape index (κ2) is 4.39. The van der Waals surface area contributed by atoms with Gasteiger partial charge in [-0.15, -0.1) is 0 Å². The van der Waals surface area contributed by atoms with Crippen LogP contribution in [-0.2, 0) is 0 Å². The number of nitrogens with zero attached hydrogens (tertiary/aromatic N) is 1. The Morgan fingerprint density at radius 2 is 1.94 bits per heavy atom. The summed E-state index contributed by atoms with van der Waals surface area (Å²) in [5.41, 5.74) is 1.98. The molecule has 0 aliphatic heterocycles. The summed E-state index contributed by atoms with van der Waals surface area (Å²) in [6, 6.07) is 7.86. The van der Waals surface area contributed by atoms with E-state index in [4.69, 9.17) is 9.47 Å². The SMILES string of the molecule is CCOc1ccc2ccc(OC)c(C)c2n1. The molecule has 0 radical (unpaired) electrons. The van der Waals surface area contributed by atoms with Gasteiger partial charge in [0.1, 0.15) is 5.75 Å². The standard InChI is InChI=1S/C13H15NO2/c1-4-16-12-8-6-10-5-7-11(15-3)9(2)13(10)14-12/h5-8H,4H2,1-3H3. The summed E-state index contributed by atoms with van der Waals surface area (Å²) in [6.45, 7) is 4.58. The van der Waals surface area contributed by atoms with Gasteiger partial charge in [0.25, 0.3) is 0 Å². The van der Waals surface area contributed by atoms with Crippen LogP contribution in [0.5, 0.6) is 11.6 Å². The number of methoxy groups -OCH3 is 1. The Labute approximate surface area is 95.0 Å². The Bertz CT molecular complexity index is 509. The third-order valence-corrected chi connectivity index (χ3v) is 2.55. The fraction of sp³-hybridized carbons (Fsp3) is 0.308. The normalized spacial score (nSPS) is 10.4.